The number of aromatic nitrogens is 2. The highest BCUT2D eigenvalue weighted by Gasteiger charge is 2.26. The molecular weight excluding hydrogens is 420 g/mol. The second-order valence-electron chi connectivity index (χ2n) is 7.34. The van der Waals surface area contributed by atoms with Crippen molar-refractivity contribution in [2.24, 2.45) is 5.92 Å². The van der Waals surface area contributed by atoms with Crippen molar-refractivity contribution in [2.45, 2.75) is 31.6 Å². The van der Waals surface area contributed by atoms with E-state index in [0.717, 1.165) is 54.5 Å². The van der Waals surface area contributed by atoms with Gasteiger partial charge in [-0.3, -0.25) is 9.69 Å². The van der Waals surface area contributed by atoms with Gasteiger partial charge in [0.25, 0.3) is 0 Å². The molecular formula is C21H26N4O3S2. The Kier molecular flexibility index (Phi) is 7.60. The van der Waals surface area contributed by atoms with Crippen molar-refractivity contribution in [2.75, 3.05) is 25.4 Å². The molecule has 9 heteroatoms. The third-order valence-corrected chi connectivity index (χ3v) is 6.97. The fourth-order valence-corrected chi connectivity index (χ4v) is 5.03. The molecule has 0 aliphatic carbocycles. The molecule has 1 atom stereocenters. The molecule has 7 nitrogen and oxygen atoms in total. The number of thiophene rings is 1. The number of hydrogen-bond acceptors (Lipinski definition) is 8. The van der Waals surface area contributed by atoms with E-state index < -0.39 is 0 Å². The van der Waals surface area contributed by atoms with E-state index in [1.54, 1.807) is 17.6 Å². The predicted molar refractivity (Wildman–Crippen MR) is 118 cm³/mol. The first-order chi connectivity index (χ1) is 14.8. The van der Waals surface area contributed by atoms with E-state index in [1.807, 2.05) is 41.4 Å². The number of nitrogens with one attached hydrogen (secondary N) is 1. The highest BCUT2D eigenvalue weighted by molar-refractivity contribution is 7.98. The van der Waals surface area contributed by atoms with Crippen LogP contribution in [-0.4, -0.2) is 46.3 Å². The van der Waals surface area contributed by atoms with E-state index in [0.29, 0.717) is 24.8 Å². The summed E-state index contributed by atoms with van der Waals surface area (Å²) in [7, 11) is 0. The molecule has 0 saturated carbocycles. The minimum atomic E-state index is 0.0224. The molecule has 4 rings (SSSR count). The second kappa shape index (κ2) is 10.8. The van der Waals surface area contributed by atoms with E-state index in [1.165, 1.54) is 0 Å². The normalized spacial score (nSPS) is 17.3. The van der Waals surface area contributed by atoms with Gasteiger partial charge in [-0.05, 0) is 55.1 Å². The fraction of sp³-hybridized carbons (Fsp3) is 0.476. The predicted octanol–water partition coefficient (Wildman–Crippen LogP) is 4.04. The van der Waals surface area contributed by atoms with Crippen LogP contribution in [-0.2, 0) is 17.1 Å². The summed E-state index contributed by atoms with van der Waals surface area (Å²) in [6, 6.07) is 7.85. The Balaban J connectivity index is 1.16. The van der Waals surface area contributed by atoms with Crippen LogP contribution in [0.3, 0.4) is 0 Å². The smallest absolute Gasteiger partial charge is 0.241 e. The molecule has 0 spiro atoms. The lowest BCUT2D eigenvalue weighted by Gasteiger charge is -2.30. The molecule has 0 bridgehead atoms. The summed E-state index contributed by atoms with van der Waals surface area (Å²) in [5, 5.41) is 9.17. The molecule has 160 valence electrons. The second-order valence-corrected chi connectivity index (χ2v) is 9.39. The number of carbonyl (C=O) groups is 1. The van der Waals surface area contributed by atoms with Crippen LogP contribution in [0.1, 0.15) is 30.9 Å². The topological polar surface area (TPSA) is 84.4 Å². The highest BCUT2D eigenvalue weighted by Crippen LogP contribution is 2.23. The maximum absolute atomic E-state index is 12.6. The van der Waals surface area contributed by atoms with E-state index in [2.05, 4.69) is 20.4 Å². The van der Waals surface area contributed by atoms with E-state index in [-0.39, 0.29) is 11.8 Å². The molecule has 3 aromatic heterocycles. The van der Waals surface area contributed by atoms with E-state index in [4.69, 9.17) is 8.94 Å². The number of thioether (sulfide) groups is 1. The molecule has 3 aromatic rings. The molecule has 4 heterocycles. The van der Waals surface area contributed by atoms with Crippen LogP contribution in [0.15, 0.2) is 44.8 Å². The van der Waals surface area contributed by atoms with Crippen molar-refractivity contribution in [3.63, 3.8) is 0 Å². The lowest BCUT2D eigenvalue weighted by atomic mass is 9.97. The minimum Gasteiger partial charge on any atom is -0.468 e. The van der Waals surface area contributed by atoms with Crippen LogP contribution in [0.4, 0.5) is 0 Å². The van der Waals surface area contributed by atoms with E-state index >= 15 is 0 Å². The number of hydrogen-bond donors (Lipinski definition) is 1. The first-order valence-corrected chi connectivity index (χ1v) is 12.3. The fourth-order valence-electron chi connectivity index (χ4n) is 3.53. The Morgan fingerprint density at radius 3 is 3.17 bits per heavy atom. The Hall–Kier alpha value is -2.10. The Bertz CT molecular complexity index is 895. The number of piperidine rings is 1. The lowest BCUT2D eigenvalue weighted by Crippen LogP contribution is -2.43. The summed E-state index contributed by atoms with van der Waals surface area (Å²) in [6.07, 6.45) is 4.59. The van der Waals surface area contributed by atoms with Crippen molar-refractivity contribution in [3.05, 3.63) is 47.6 Å². The minimum absolute atomic E-state index is 0.0224. The zero-order valence-corrected chi connectivity index (χ0v) is 18.4. The monoisotopic (exact) mass is 446 g/mol. The summed E-state index contributed by atoms with van der Waals surface area (Å²) in [6.45, 7) is 2.99. The molecule has 1 amide bonds. The van der Waals surface area contributed by atoms with Gasteiger partial charge in [0.1, 0.15) is 5.76 Å². The number of nitrogens with zero attached hydrogens (tertiary/aromatic N) is 3. The van der Waals surface area contributed by atoms with Gasteiger partial charge in [-0.2, -0.15) is 16.7 Å². The van der Waals surface area contributed by atoms with Crippen LogP contribution in [0, 0.1) is 5.92 Å². The molecule has 1 N–H and O–H groups in total. The van der Waals surface area contributed by atoms with Gasteiger partial charge in [-0.25, -0.2) is 0 Å². The van der Waals surface area contributed by atoms with Crippen molar-refractivity contribution in [1.29, 1.82) is 0 Å². The molecule has 1 unspecified atom stereocenters. The van der Waals surface area contributed by atoms with Crippen molar-refractivity contribution < 1.29 is 13.7 Å². The molecule has 30 heavy (non-hydrogen) atoms. The quantitative estimate of drug-likeness (QED) is 0.471. The summed E-state index contributed by atoms with van der Waals surface area (Å²) in [4.78, 5) is 20.3. The van der Waals surface area contributed by atoms with Gasteiger partial charge in [0.2, 0.25) is 17.6 Å². The third kappa shape index (κ3) is 5.96. The average molecular weight is 447 g/mol. The van der Waals surface area contributed by atoms with Crippen molar-refractivity contribution in [1.82, 2.24) is 20.4 Å². The number of rotatable bonds is 10. The molecule has 1 saturated heterocycles. The van der Waals surface area contributed by atoms with Crippen LogP contribution < -0.4 is 5.32 Å². The van der Waals surface area contributed by atoms with Crippen LogP contribution >= 0.6 is 23.1 Å². The van der Waals surface area contributed by atoms with Crippen LogP contribution in [0.5, 0.6) is 0 Å². The van der Waals surface area contributed by atoms with Gasteiger partial charge in [0, 0.05) is 13.1 Å². The van der Waals surface area contributed by atoms with Crippen molar-refractivity contribution in [3.8, 4) is 10.7 Å². The largest absolute Gasteiger partial charge is 0.468 e. The average Bonchev–Trinajstić information content (AvgIpc) is 3.53. The Morgan fingerprint density at radius 1 is 1.37 bits per heavy atom. The molecule has 1 fully saturated rings. The van der Waals surface area contributed by atoms with Gasteiger partial charge >= 0.3 is 0 Å². The first kappa shape index (κ1) is 21.1. The maximum atomic E-state index is 12.6. The van der Waals surface area contributed by atoms with Crippen LogP contribution in [0.25, 0.3) is 10.7 Å². The summed E-state index contributed by atoms with van der Waals surface area (Å²) >= 11 is 3.42. The zero-order valence-electron chi connectivity index (χ0n) is 16.8. The Labute approximate surface area is 184 Å². The maximum Gasteiger partial charge on any atom is 0.241 e. The lowest BCUT2D eigenvalue weighted by molar-refractivity contribution is -0.126. The summed E-state index contributed by atoms with van der Waals surface area (Å²) in [5.41, 5.74) is 0. The standard InChI is InChI=1S/C21H26N4O3S2/c26-21(22-8-4-11-29-15-17-6-2-10-27-17)16-5-1-9-25(13-16)14-19-23-20(24-28-19)18-7-3-12-30-18/h2-3,6-7,10,12,16H,1,4-5,8-9,11,13-15H2,(H,22,26). The van der Waals surface area contributed by atoms with Gasteiger partial charge < -0.3 is 14.3 Å². The Morgan fingerprint density at radius 2 is 2.33 bits per heavy atom. The third-order valence-electron chi connectivity index (χ3n) is 5.03. The van der Waals surface area contributed by atoms with Gasteiger partial charge in [0.05, 0.1) is 29.4 Å². The number of amides is 1. The molecule has 0 aromatic carbocycles. The number of furan rings is 1. The van der Waals surface area contributed by atoms with Gasteiger partial charge in [-0.15, -0.1) is 11.3 Å². The summed E-state index contributed by atoms with van der Waals surface area (Å²) < 4.78 is 10.7. The zero-order chi connectivity index (χ0) is 20.6. The molecule has 0 radical (unpaired) electrons. The van der Waals surface area contributed by atoms with Crippen LogP contribution in [0.2, 0.25) is 0 Å². The number of carbonyl (C=O) groups excluding carboxylic acids is 1. The molecule has 1 aliphatic heterocycles. The van der Waals surface area contributed by atoms with Gasteiger partial charge in [-0.1, -0.05) is 11.2 Å². The SMILES string of the molecule is O=C(NCCCSCc1ccco1)C1CCCN(Cc2nc(-c3cccs3)no2)C1. The molecule has 1 aliphatic rings. The van der Waals surface area contributed by atoms with Crippen molar-refractivity contribution >= 4 is 29.0 Å². The van der Waals surface area contributed by atoms with Gasteiger partial charge in [0.15, 0.2) is 0 Å². The first-order valence-electron chi connectivity index (χ1n) is 10.2. The van der Waals surface area contributed by atoms with E-state index in [9.17, 15) is 4.79 Å². The summed E-state index contributed by atoms with van der Waals surface area (Å²) in [5.74, 6) is 4.29. The highest BCUT2D eigenvalue weighted by atomic mass is 32.2. The number of likely N-dealkylation sites (tertiary alicyclic amines) is 1.